The predicted molar refractivity (Wildman–Crippen MR) is 113 cm³/mol. The number of para-hydroxylation sites is 1. The zero-order valence-electron chi connectivity index (χ0n) is 15.9. The van der Waals surface area contributed by atoms with Gasteiger partial charge < -0.3 is 9.40 Å². The van der Waals surface area contributed by atoms with Gasteiger partial charge in [-0.3, -0.25) is 14.7 Å². The summed E-state index contributed by atoms with van der Waals surface area (Å²) >= 11 is 6.51. The first kappa shape index (κ1) is 18.7. The number of nitrogens with zero attached hydrogens (tertiary/aromatic N) is 3. The normalized spacial score (nSPS) is 14.0. The summed E-state index contributed by atoms with van der Waals surface area (Å²) in [6, 6.07) is 10.8. The molecule has 0 radical (unpaired) electrons. The number of aromatic amines is 1. The molecule has 7 nitrogen and oxygen atoms in total. The van der Waals surface area contributed by atoms with Crippen LogP contribution in [-0.2, 0) is 19.5 Å². The van der Waals surface area contributed by atoms with Crippen molar-refractivity contribution in [3.05, 3.63) is 91.4 Å². The van der Waals surface area contributed by atoms with E-state index in [1.54, 1.807) is 30.6 Å². The van der Waals surface area contributed by atoms with Crippen molar-refractivity contribution < 1.29 is 4.42 Å². The van der Waals surface area contributed by atoms with Gasteiger partial charge in [-0.1, -0.05) is 23.7 Å². The predicted octanol–water partition coefficient (Wildman–Crippen LogP) is 3.15. The Kier molecular flexibility index (Phi) is 4.69. The molecule has 0 spiro atoms. The van der Waals surface area contributed by atoms with Crippen LogP contribution in [0.5, 0.6) is 0 Å². The van der Waals surface area contributed by atoms with Crippen LogP contribution in [0.3, 0.4) is 0 Å². The van der Waals surface area contributed by atoms with Crippen molar-refractivity contribution in [3.8, 4) is 11.4 Å². The Balaban J connectivity index is 1.45. The second kappa shape index (κ2) is 7.51. The average molecular weight is 421 g/mol. The van der Waals surface area contributed by atoms with E-state index in [0.29, 0.717) is 59.0 Å². The van der Waals surface area contributed by atoms with Gasteiger partial charge in [0.1, 0.15) is 11.4 Å². The van der Waals surface area contributed by atoms with Crippen molar-refractivity contribution in [2.24, 2.45) is 0 Å². The van der Waals surface area contributed by atoms with Crippen molar-refractivity contribution in [1.82, 2.24) is 19.9 Å². The fraction of sp³-hybridized carbons (Fsp3) is 0.182. The molecule has 4 heterocycles. The lowest BCUT2D eigenvalue weighted by molar-refractivity contribution is 0.239. The molecule has 3 aromatic heterocycles. The van der Waals surface area contributed by atoms with Crippen LogP contribution in [-0.4, -0.2) is 26.4 Å². The maximum atomic E-state index is 12.7. The van der Waals surface area contributed by atoms with E-state index in [-0.39, 0.29) is 5.56 Å². The van der Waals surface area contributed by atoms with Crippen LogP contribution in [0.15, 0.2) is 62.8 Å². The smallest absolute Gasteiger partial charge is 0.342 e. The van der Waals surface area contributed by atoms with Gasteiger partial charge in [0.05, 0.1) is 21.8 Å². The number of aromatic nitrogens is 3. The van der Waals surface area contributed by atoms with Crippen molar-refractivity contribution in [3.63, 3.8) is 0 Å². The summed E-state index contributed by atoms with van der Waals surface area (Å²) in [7, 11) is 0. The molecule has 0 saturated heterocycles. The molecular formula is C22H17ClN4O3. The van der Waals surface area contributed by atoms with Crippen LogP contribution in [0.2, 0.25) is 5.02 Å². The Morgan fingerprint density at radius 1 is 1.17 bits per heavy atom. The highest BCUT2D eigenvalue weighted by Crippen LogP contribution is 2.27. The topological polar surface area (TPSA) is 92.1 Å². The second-order valence-corrected chi connectivity index (χ2v) is 7.60. The van der Waals surface area contributed by atoms with Crippen molar-refractivity contribution >= 4 is 22.6 Å². The minimum absolute atomic E-state index is 0.180. The molecule has 1 aliphatic rings. The molecular weight excluding hydrogens is 404 g/mol. The fourth-order valence-corrected chi connectivity index (χ4v) is 4.06. The van der Waals surface area contributed by atoms with Crippen LogP contribution in [0, 0.1) is 0 Å². The molecule has 0 atom stereocenters. The zero-order chi connectivity index (χ0) is 20.7. The van der Waals surface area contributed by atoms with Gasteiger partial charge in [-0.15, -0.1) is 0 Å². The Morgan fingerprint density at radius 3 is 2.87 bits per heavy atom. The number of nitrogens with one attached hydrogen (secondary N) is 1. The lowest BCUT2D eigenvalue weighted by atomic mass is 10.1. The van der Waals surface area contributed by atoms with Gasteiger partial charge >= 0.3 is 5.63 Å². The van der Waals surface area contributed by atoms with E-state index in [0.717, 1.165) is 11.3 Å². The first-order valence-electron chi connectivity index (χ1n) is 9.55. The number of rotatable bonds is 3. The van der Waals surface area contributed by atoms with Crippen molar-refractivity contribution in [1.29, 1.82) is 0 Å². The van der Waals surface area contributed by atoms with E-state index in [4.69, 9.17) is 16.0 Å². The van der Waals surface area contributed by atoms with E-state index in [2.05, 4.69) is 15.0 Å². The van der Waals surface area contributed by atoms with Crippen LogP contribution >= 0.6 is 11.6 Å². The van der Waals surface area contributed by atoms with Gasteiger partial charge in [-0.05, 0) is 24.3 Å². The molecule has 0 fully saturated rings. The SMILES string of the molecule is O=c1[nH]c(-c2cccnc2)nc2c1CN(Cc1c(Cl)c3ccccc3oc1=O)CC2. The average Bonchev–Trinajstić information content (AvgIpc) is 2.77. The number of hydrogen-bond donors (Lipinski definition) is 1. The standard InChI is InChI=1S/C22H17ClN4O3/c23-19-14-5-1-2-6-18(14)30-22(29)16(19)12-27-9-7-17-15(11-27)21(28)26-20(25-17)13-4-3-8-24-10-13/h1-6,8,10H,7,9,11-12H2,(H,25,26,28). The molecule has 0 aliphatic carbocycles. The quantitative estimate of drug-likeness (QED) is 0.512. The summed E-state index contributed by atoms with van der Waals surface area (Å²) in [6.45, 7) is 1.33. The Morgan fingerprint density at radius 2 is 2.03 bits per heavy atom. The van der Waals surface area contributed by atoms with E-state index in [1.165, 1.54) is 0 Å². The summed E-state index contributed by atoms with van der Waals surface area (Å²) in [5.41, 5.74) is 2.36. The third-order valence-corrected chi connectivity index (χ3v) is 5.73. The molecule has 0 amide bonds. The summed E-state index contributed by atoms with van der Waals surface area (Å²) in [4.78, 5) is 38.8. The highest BCUT2D eigenvalue weighted by molar-refractivity contribution is 6.35. The molecule has 30 heavy (non-hydrogen) atoms. The molecule has 1 aromatic carbocycles. The highest BCUT2D eigenvalue weighted by Gasteiger charge is 2.24. The number of halogens is 1. The first-order valence-corrected chi connectivity index (χ1v) is 9.93. The molecule has 150 valence electrons. The van der Waals surface area contributed by atoms with E-state index in [1.807, 2.05) is 23.1 Å². The molecule has 8 heteroatoms. The van der Waals surface area contributed by atoms with Crippen LogP contribution in [0.4, 0.5) is 0 Å². The van der Waals surface area contributed by atoms with Gasteiger partial charge in [-0.25, -0.2) is 9.78 Å². The number of fused-ring (bicyclic) bond motifs is 2. The highest BCUT2D eigenvalue weighted by atomic mass is 35.5. The number of H-pyrrole nitrogens is 1. The summed E-state index contributed by atoms with van der Waals surface area (Å²) in [5.74, 6) is 0.513. The third-order valence-electron chi connectivity index (χ3n) is 5.30. The molecule has 1 N–H and O–H groups in total. The van der Waals surface area contributed by atoms with Crippen LogP contribution in [0.1, 0.15) is 16.8 Å². The molecule has 5 rings (SSSR count). The Hall–Kier alpha value is -3.29. The Bertz CT molecular complexity index is 1360. The van der Waals surface area contributed by atoms with E-state index in [9.17, 15) is 9.59 Å². The maximum absolute atomic E-state index is 12.7. The lowest BCUT2D eigenvalue weighted by Crippen LogP contribution is -2.36. The van der Waals surface area contributed by atoms with Crippen molar-refractivity contribution in [2.75, 3.05) is 6.54 Å². The summed E-state index contributed by atoms with van der Waals surface area (Å²) < 4.78 is 5.42. The molecule has 4 aromatic rings. The van der Waals surface area contributed by atoms with Crippen molar-refractivity contribution in [2.45, 2.75) is 19.5 Å². The number of benzene rings is 1. The lowest BCUT2D eigenvalue weighted by Gasteiger charge is -2.27. The van der Waals surface area contributed by atoms with E-state index >= 15 is 0 Å². The maximum Gasteiger partial charge on any atom is 0.342 e. The zero-order valence-corrected chi connectivity index (χ0v) is 16.6. The third kappa shape index (κ3) is 3.32. The molecule has 0 bridgehead atoms. The van der Waals surface area contributed by atoms with Crippen LogP contribution in [0.25, 0.3) is 22.4 Å². The second-order valence-electron chi connectivity index (χ2n) is 7.22. The minimum atomic E-state index is -0.455. The Labute approximate surface area is 176 Å². The number of hydrogen-bond acceptors (Lipinski definition) is 6. The largest absolute Gasteiger partial charge is 0.422 e. The van der Waals surface area contributed by atoms with E-state index < -0.39 is 5.63 Å². The monoisotopic (exact) mass is 420 g/mol. The van der Waals surface area contributed by atoms with Gasteiger partial charge in [0.25, 0.3) is 5.56 Å². The summed E-state index contributed by atoms with van der Waals surface area (Å²) in [6.07, 6.45) is 3.94. The van der Waals surface area contributed by atoms with Gasteiger partial charge in [0, 0.05) is 49.4 Å². The summed E-state index contributed by atoms with van der Waals surface area (Å²) in [5, 5.41) is 1.10. The molecule has 0 unspecified atom stereocenters. The van der Waals surface area contributed by atoms with Gasteiger partial charge in [0.15, 0.2) is 0 Å². The van der Waals surface area contributed by atoms with Crippen LogP contribution < -0.4 is 11.2 Å². The molecule has 0 saturated carbocycles. The van der Waals surface area contributed by atoms with Gasteiger partial charge in [-0.2, -0.15) is 0 Å². The minimum Gasteiger partial charge on any atom is -0.422 e. The first-order chi connectivity index (χ1) is 14.6. The van der Waals surface area contributed by atoms with Gasteiger partial charge in [0.2, 0.25) is 0 Å². The number of pyridine rings is 1. The molecule has 1 aliphatic heterocycles. The fourth-order valence-electron chi connectivity index (χ4n) is 3.76.